The summed E-state index contributed by atoms with van der Waals surface area (Å²) in [6, 6.07) is 2.07. The molecule has 0 radical (unpaired) electrons. The number of rotatable bonds is 5. The molecule has 2 heterocycles. The Bertz CT molecular complexity index is 436. The first-order valence-corrected chi connectivity index (χ1v) is 7.00. The van der Waals surface area contributed by atoms with E-state index >= 15 is 0 Å². The van der Waals surface area contributed by atoms with Gasteiger partial charge in [0, 0.05) is 24.3 Å². The summed E-state index contributed by atoms with van der Waals surface area (Å²) in [6.07, 6.45) is 6.89. The maximum absolute atomic E-state index is 11.0. The second-order valence-corrected chi connectivity index (χ2v) is 5.06. The van der Waals surface area contributed by atoms with Crippen LogP contribution in [0.15, 0.2) is 12.4 Å². The van der Waals surface area contributed by atoms with Crippen LogP contribution in [0.25, 0.3) is 0 Å². The SMILES string of the molecule is CCCc1cc(N2CCCCC2CC(=O)O)ncn1. The molecule has 19 heavy (non-hydrogen) atoms. The van der Waals surface area contributed by atoms with E-state index < -0.39 is 5.97 Å². The number of aryl methyl sites for hydroxylation is 1. The molecule has 1 aromatic heterocycles. The van der Waals surface area contributed by atoms with Crippen molar-refractivity contribution < 1.29 is 9.90 Å². The average Bonchev–Trinajstić information content (AvgIpc) is 2.39. The van der Waals surface area contributed by atoms with Crippen molar-refractivity contribution in [1.29, 1.82) is 0 Å². The highest BCUT2D eigenvalue weighted by Crippen LogP contribution is 2.25. The Morgan fingerprint density at radius 2 is 2.32 bits per heavy atom. The Labute approximate surface area is 113 Å². The highest BCUT2D eigenvalue weighted by atomic mass is 16.4. The van der Waals surface area contributed by atoms with Crippen molar-refractivity contribution in [3.63, 3.8) is 0 Å². The number of hydrogen-bond acceptors (Lipinski definition) is 4. The maximum atomic E-state index is 11.0. The van der Waals surface area contributed by atoms with Crippen LogP contribution in [0.5, 0.6) is 0 Å². The fourth-order valence-electron chi connectivity index (χ4n) is 2.65. The van der Waals surface area contributed by atoms with Crippen molar-refractivity contribution in [2.45, 2.75) is 51.5 Å². The molecule has 5 heteroatoms. The van der Waals surface area contributed by atoms with Crippen LogP contribution in [0.2, 0.25) is 0 Å². The molecule has 1 fully saturated rings. The smallest absolute Gasteiger partial charge is 0.305 e. The highest BCUT2D eigenvalue weighted by molar-refractivity contribution is 5.68. The minimum atomic E-state index is -0.736. The van der Waals surface area contributed by atoms with Crippen LogP contribution < -0.4 is 4.90 Å². The maximum Gasteiger partial charge on any atom is 0.305 e. The molecule has 2 rings (SSSR count). The average molecular weight is 263 g/mol. The Kier molecular flexibility index (Phi) is 4.71. The first kappa shape index (κ1) is 13.8. The van der Waals surface area contributed by atoms with Crippen molar-refractivity contribution in [2.24, 2.45) is 0 Å². The van der Waals surface area contributed by atoms with Crippen molar-refractivity contribution in [2.75, 3.05) is 11.4 Å². The van der Waals surface area contributed by atoms with Gasteiger partial charge in [0.05, 0.1) is 6.42 Å². The van der Waals surface area contributed by atoms with Crippen LogP contribution in [0.3, 0.4) is 0 Å². The van der Waals surface area contributed by atoms with E-state index in [1.807, 2.05) is 6.07 Å². The quantitative estimate of drug-likeness (QED) is 0.882. The van der Waals surface area contributed by atoms with E-state index in [1.54, 1.807) is 6.33 Å². The second kappa shape index (κ2) is 6.50. The molecule has 0 aliphatic carbocycles. The number of piperidine rings is 1. The van der Waals surface area contributed by atoms with E-state index in [9.17, 15) is 4.79 Å². The Hall–Kier alpha value is -1.65. The Morgan fingerprint density at radius 3 is 3.05 bits per heavy atom. The molecule has 5 nitrogen and oxygen atoms in total. The summed E-state index contributed by atoms with van der Waals surface area (Å²) in [5.74, 6) is 0.143. The third-order valence-corrected chi connectivity index (χ3v) is 3.55. The van der Waals surface area contributed by atoms with E-state index in [4.69, 9.17) is 5.11 Å². The summed E-state index contributed by atoms with van der Waals surface area (Å²) in [4.78, 5) is 21.7. The second-order valence-electron chi connectivity index (χ2n) is 5.06. The third-order valence-electron chi connectivity index (χ3n) is 3.55. The number of nitrogens with zero attached hydrogens (tertiary/aromatic N) is 3. The number of carboxylic acid groups (broad SMARTS) is 1. The van der Waals surface area contributed by atoms with Gasteiger partial charge in [0.1, 0.15) is 12.1 Å². The molecule has 1 saturated heterocycles. The van der Waals surface area contributed by atoms with Gasteiger partial charge in [-0.1, -0.05) is 13.3 Å². The van der Waals surface area contributed by atoms with Crippen LogP contribution in [-0.2, 0) is 11.2 Å². The predicted octanol–water partition coefficient (Wildman–Crippen LogP) is 2.26. The van der Waals surface area contributed by atoms with E-state index in [0.29, 0.717) is 0 Å². The van der Waals surface area contributed by atoms with Crippen LogP contribution in [-0.4, -0.2) is 33.6 Å². The molecule has 104 valence electrons. The Morgan fingerprint density at radius 1 is 1.47 bits per heavy atom. The van der Waals surface area contributed by atoms with Gasteiger partial charge >= 0.3 is 5.97 Å². The largest absolute Gasteiger partial charge is 0.481 e. The number of aliphatic carboxylic acids is 1. The normalized spacial score (nSPS) is 19.4. The van der Waals surface area contributed by atoms with E-state index in [1.165, 1.54) is 0 Å². The van der Waals surface area contributed by atoms with Crippen LogP contribution in [0, 0.1) is 0 Å². The Balaban J connectivity index is 2.16. The summed E-state index contributed by atoms with van der Waals surface area (Å²) < 4.78 is 0. The monoisotopic (exact) mass is 263 g/mol. The van der Waals surface area contributed by atoms with Gasteiger partial charge in [-0.25, -0.2) is 9.97 Å². The molecular weight excluding hydrogens is 242 g/mol. The van der Waals surface area contributed by atoms with Gasteiger partial charge in [-0.2, -0.15) is 0 Å². The van der Waals surface area contributed by atoms with E-state index in [0.717, 1.165) is 50.2 Å². The molecule has 1 aromatic rings. The fourth-order valence-corrected chi connectivity index (χ4v) is 2.65. The van der Waals surface area contributed by atoms with Gasteiger partial charge in [0.15, 0.2) is 0 Å². The molecule has 1 atom stereocenters. The summed E-state index contributed by atoms with van der Waals surface area (Å²) in [5, 5.41) is 9.01. The fraction of sp³-hybridized carbons (Fsp3) is 0.643. The molecule has 1 unspecified atom stereocenters. The molecule has 1 aliphatic heterocycles. The lowest BCUT2D eigenvalue weighted by atomic mass is 9.99. The predicted molar refractivity (Wildman–Crippen MR) is 73.3 cm³/mol. The van der Waals surface area contributed by atoms with Crippen LogP contribution in [0.1, 0.15) is 44.7 Å². The summed E-state index contributed by atoms with van der Waals surface area (Å²) in [7, 11) is 0. The summed E-state index contributed by atoms with van der Waals surface area (Å²) in [6.45, 7) is 3.01. The summed E-state index contributed by atoms with van der Waals surface area (Å²) >= 11 is 0. The molecule has 1 aliphatic rings. The molecule has 0 bridgehead atoms. The first-order valence-electron chi connectivity index (χ1n) is 7.00. The lowest BCUT2D eigenvalue weighted by molar-refractivity contribution is -0.137. The van der Waals surface area contributed by atoms with Gasteiger partial charge in [-0.3, -0.25) is 4.79 Å². The minimum absolute atomic E-state index is 0.0654. The molecule has 0 amide bonds. The lowest BCUT2D eigenvalue weighted by Crippen LogP contribution is -2.41. The number of carboxylic acids is 1. The molecule has 0 saturated carbocycles. The zero-order valence-corrected chi connectivity index (χ0v) is 11.4. The topological polar surface area (TPSA) is 66.3 Å². The van der Waals surface area contributed by atoms with Gasteiger partial charge in [-0.15, -0.1) is 0 Å². The molecule has 0 spiro atoms. The van der Waals surface area contributed by atoms with Gasteiger partial charge < -0.3 is 10.0 Å². The van der Waals surface area contributed by atoms with Crippen LogP contribution >= 0.6 is 0 Å². The van der Waals surface area contributed by atoms with Crippen LogP contribution in [0.4, 0.5) is 5.82 Å². The van der Waals surface area contributed by atoms with E-state index in [-0.39, 0.29) is 12.5 Å². The minimum Gasteiger partial charge on any atom is -0.481 e. The molecule has 0 aromatic carbocycles. The van der Waals surface area contributed by atoms with Crippen molar-refractivity contribution in [3.8, 4) is 0 Å². The highest BCUT2D eigenvalue weighted by Gasteiger charge is 2.25. The number of carbonyl (C=O) groups is 1. The lowest BCUT2D eigenvalue weighted by Gasteiger charge is -2.36. The van der Waals surface area contributed by atoms with Gasteiger partial charge in [-0.05, 0) is 25.7 Å². The standard InChI is InChI=1S/C14H21N3O2/c1-2-5-11-8-13(16-10-15-11)17-7-4-3-6-12(17)9-14(18)19/h8,10,12H,2-7,9H2,1H3,(H,18,19). The number of hydrogen-bond donors (Lipinski definition) is 1. The van der Waals surface area contributed by atoms with Gasteiger partial charge in [0.2, 0.25) is 0 Å². The third kappa shape index (κ3) is 3.66. The zero-order chi connectivity index (χ0) is 13.7. The van der Waals surface area contributed by atoms with Crippen molar-refractivity contribution in [3.05, 3.63) is 18.1 Å². The summed E-state index contributed by atoms with van der Waals surface area (Å²) in [5.41, 5.74) is 1.03. The van der Waals surface area contributed by atoms with E-state index in [2.05, 4.69) is 21.8 Å². The number of aromatic nitrogens is 2. The first-order chi connectivity index (χ1) is 9.20. The molecule has 1 N–H and O–H groups in total. The number of anilines is 1. The van der Waals surface area contributed by atoms with Crippen molar-refractivity contribution in [1.82, 2.24) is 9.97 Å². The van der Waals surface area contributed by atoms with Gasteiger partial charge in [0.25, 0.3) is 0 Å². The molecular formula is C14H21N3O2. The zero-order valence-electron chi connectivity index (χ0n) is 11.4. The van der Waals surface area contributed by atoms with Crippen molar-refractivity contribution >= 4 is 11.8 Å².